The maximum absolute atomic E-state index is 13.0. The minimum atomic E-state index is -1.81. The van der Waals surface area contributed by atoms with Crippen molar-refractivity contribution in [1.29, 1.82) is 0 Å². The van der Waals surface area contributed by atoms with Crippen molar-refractivity contribution in [2.45, 2.75) is 58.0 Å². The second kappa shape index (κ2) is 8.90. The molecule has 178 valence electrons. The fourth-order valence-corrected chi connectivity index (χ4v) is 4.48. The van der Waals surface area contributed by atoms with Crippen LogP contribution in [0.3, 0.4) is 0 Å². The molecule has 1 aliphatic carbocycles. The lowest BCUT2D eigenvalue weighted by atomic mass is 9.75. The van der Waals surface area contributed by atoms with Gasteiger partial charge in [-0.05, 0) is 87.3 Å². The van der Waals surface area contributed by atoms with E-state index in [1.807, 2.05) is 32.0 Å². The molecule has 4 N–H and O–H groups in total. The SMILES string of the molecule is Cc1ccc(-n2[nH]c(C)c(N=Nc3cccc(C4CCCC(O)(C(=O)O)C4)c3O)c2=O)cc1C. The Kier molecular flexibility index (Phi) is 6.14. The molecule has 0 bridgehead atoms. The number of aryl methyl sites for hydroxylation is 3. The van der Waals surface area contributed by atoms with Gasteiger partial charge in [0.2, 0.25) is 0 Å². The first-order valence-electron chi connectivity index (χ1n) is 11.2. The summed E-state index contributed by atoms with van der Waals surface area (Å²) in [4.78, 5) is 24.5. The second-order valence-corrected chi connectivity index (χ2v) is 9.04. The van der Waals surface area contributed by atoms with Crippen LogP contribution >= 0.6 is 0 Å². The van der Waals surface area contributed by atoms with Gasteiger partial charge in [0.25, 0.3) is 5.56 Å². The lowest BCUT2D eigenvalue weighted by molar-refractivity contribution is -0.162. The highest BCUT2D eigenvalue weighted by molar-refractivity contribution is 5.77. The summed E-state index contributed by atoms with van der Waals surface area (Å²) in [6.07, 6.45) is 1.35. The number of para-hydroxylation sites is 1. The Morgan fingerprint density at radius 2 is 1.91 bits per heavy atom. The van der Waals surface area contributed by atoms with Gasteiger partial charge in [0.1, 0.15) is 11.4 Å². The van der Waals surface area contributed by atoms with Crippen molar-refractivity contribution >= 4 is 17.3 Å². The quantitative estimate of drug-likeness (QED) is 0.406. The summed E-state index contributed by atoms with van der Waals surface area (Å²) in [7, 11) is 0. The highest BCUT2D eigenvalue weighted by Crippen LogP contribution is 2.44. The van der Waals surface area contributed by atoms with Gasteiger partial charge in [-0.25, -0.2) is 9.48 Å². The molecule has 1 aliphatic rings. The third-order valence-corrected chi connectivity index (χ3v) is 6.66. The number of aromatic nitrogens is 2. The van der Waals surface area contributed by atoms with E-state index in [0.29, 0.717) is 29.8 Å². The van der Waals surface area contributed by atoms with Gasteiger partial charge >= 0.3 is 5.97 Å². The molecule has 1 fully saturated rings. The van der Waals surface area contributed by atoms with Crippen molar-refractivity contribution in [2.24, 2.45) is 10.2 Å². The summed E-state index contributed by atoms with van der Waals surface area (Å²) >= 11 is 0. The van der Waals surface area contributed by atoms with Crippen molar-refractivity contribution in [2.75, 3.05) is 0 Å². The van der Waals surface area contributed by atoms with Crippen molar-refractivity contribution in [3.8, 4) is 11.4 Å². The van der Waals surface area contributed by atoms with E-state index in [0.717, 1.165) is 11.1 Å². The van der Waals surface area contributed by atoms with Gasteiger partial charge in [-0.2, -0.15) is 0 Å². The van der Waals surface area contributed by atoms with E-state index in [1.54, 1.807) is 25.1 Å². The molecule has 0 saturated heterocycles. The molecule has 1 aromatic heterocycles. The summed E-state index contributed by atoms with van der Waals surface area (Å²) in [5.74, 6) is -1.72. The Labute approximate surface area is 196 Å². The van der Waals surface area contributed by atoms with Crippen LogP contribution in [-0.4, -0.2) is 36.7 Å². The Hall–Kier alpha value is -3.72. The van der Waals surface area contributed by atoms with Gasteiger partial charge in [0, 0.05) is 0 Å². The van der Waals surface area contributed by atoms with Crippen LogP contribution in [0.15, 0.2) is 51.4 Å². The summed E-state index contributed by atoms with van der Waals surface area (Å²) in [5.41, 5.74) is 2.02. The van der Waals surface area contributed by atoms with Gasteiger partial charge < -0.3 is 15.3 Å². The highest BCUT2D eigenvalue weighted by atomic mass is 16.4. The second-order valence-electron chi connectivity index (χ2n) is 9.04. The van der Waals surface area contributed by atoms with E-state index in [4.69, 9.17) is 0 Å². The van der Waals surface area contributed by atoms with Gasteiger partial charge in [-0.15, -0.1) is 10.2 Å². The predicted molar refractivity (Wildman–Crippen MR) is 127 cm³/mol. The van der Waals surface area contributed by atoms with Crippen molar-refractivity contribution in [3.63, 3.8) is 0 Å². The molecule has 2 atom stereocenters. The number of benzene rings is 2. The zero-order valence-electron chi connectivity index (χ0n) is 19.4. The number of carbonyl (C=O) groups is 1. The minimum Gasteiger partial charge on any atom is -0.505 e. The van der Waals surface area contributed by atoms with Gasteiger partial charge in [0.05, 0.1) is 11.4 Å². The van der Waals surface area contributed by atoms with Gasteiger partial charge in [-0.1, -0.05) is 18.2 Å². The van der Waals surface area contributed by atoms with Crippen LogP contribution in [-0.2, 0) is 4.79 Å². The monoisotopic (exact) mass is 464 g/mol. The average molecular weight is 465 g/mol. The standard InChI is InChI=1S/C25H28N4O5/c1-14-9-10-18(12-15(14)2)29-23(31)21(16(3)28-29)27-26-20-8-4-7-19(22(20)30)17-6-5-11-25(34,13-17)24(32)33/h4,7-10,12,17,28,30,34H,5-6,11,13H2,1-3H3,(H,32,33). The summed E-state index contributed by atoms with van der Waals surface area (Å²) < 4.78 is 1.40. The number of nitrogens with one attached hydrogen (secondary N) is 1. The maximum Gasteiger partial charge on any atom is 0.335 e. The molecule has 0 radical (unpaired) electrons. The van der Waals surface area contributed by atoms with Crippen LogP contribution < -0.4 is 5.56 Å². The third-order valence-electron chi connectivity index (χ3n) is 6.66. The number of carboxylic acids is 1. The number of aromatic amines is 1. The number of hydrogen-bond donors (Lipinski definition) is 4. The molecule has 1 heterocycles. The normalized spacial score (nSPS) is 20.6. The van der Waals surface area contributed by atoms with Crippen molar-refractivity contribution in [3.05, 3.63) is 69.1 Å². The van der Waals surface area contributed by atoms with E-state index in [-0.39, 0.29) is 41.4 Å². The molecule has 0 amide bonds. The molecule has 0 aliphatic heterocycles. The van der Waals surface area contributed by atoms with Crippen LogP contribution in [0.4, 0.5) is 11.4 Å². The van der Waals surface area contributed by atoms with Gasteiger partial charge in [0.15, 0.2) is 11.3 Å². The molecule has 2 unspecified atom stereocenters. The number of aromatic hydroxyl groups is 1. The van der Waals surface area contributed by atoms with Crippen molar-refractivity contribution in [1.82, 2.24) is 9.78 Å². The number of carboxylic acid groups (broad SMARTS) is 1. The molecule has 3 aromatic rings. The Morgan fingerprint density at radius 3 is 2.62 bits per heavy atom. The molecule has 1 saturated carbocycles. The highest BCUT2D eigenvalue weighted by Gasteiger charge is 2.42. The number of H-pyrrole nitrogens is 1. The molecule has 9 heteroatoms. The molecule has 4 rings (SSSR count). The zero-order valence-corrected chi connectivity index (χ0v) is 19.4. The molecule has 2 aromatic carbocycles. The number of hydrogen-bond acceptors (Lipinski definition) is 6. The van der Waals surface area contributed by atoms with Crippen LogP contribution in [0.2, 0.25) is 0 Å². The van der Waals surface area contributed by atoms with Crippen LogP contribution in [0.5, 0.6) is 5.75 Å². The first kappa shape index (κ1) is 23.4. The topological polar surface area (TPSA) is 140 Å². The average Bonchev–Trinajstić information content (AvgIpc) is 3.08. The van der Waals surface area contributed by atoms with E-state index in [9.17, 15) is 24.9 Å². The molecule has 9 nitrogen and oxygen atoms in total. The number of aliphatic carboxylic acids is 1. The lowest BCUT2D eigenvalue weighted by Crippen LogP contribution is -2.42. The number of nitrogens with zero attached hydrogens (tertiary/aromatic N) is 3. The van der Waals surface area contributed by atoms with E-state index in [1.165, 1.54) is 4.68 Å². The smallest absolute Gasteiger partial charge is 0.335 e. The molecular weight excluding hydrogens is 436 g/mol. The fraction of sp³-hybridized carbons (Fsp3) is 0.360. The van der Waals surface area contributed by atoms with E-state index >= 15 is 0 Å². The maximum atomic E-state index is 13.0. The van der Waals surface area contributed by atoms with Crippen LogP contribution in [0.25, 0.3) is 5.69 Å². The lowest BCUT2D eigenvalue weighted by Gasteiger charge is -2.33. The van der Waals surface area contributed by atoms with E-state index < -0.39 is 11.6 Å². The number of aliphatic hydroxyl groups is 1. The summed E-state index contributed by atoms with van der Waals surface area (Å²) in [6.45, 7) is 5.69. The zero-order chi connectivity index (χ0) is 24.6. The minimum absolute atomic E-state index is 0.00802. The molecule has 34 heavy (non-hydrogen) atoms. The molecular formula is C25H28N4O5. The summed E-state index contributed by atoms with van der Waals surface area (Å²) in [6, 6.07) is 10.6. The predicted octanol–water partition coefficient (Wildman–Crippen LogP) is 4.69. The largest absolute Gasteiger partial charge is 0.505 e. The third kappa shape index (κ3) is 4.26. The van der Waals surface area contributed by atoms with Crippen LogP contribution in [0.1, 0.15) is 54.0 Å². The van der Waals surface area contributed by atoms with Crippen LogP contribution in [0, 0.1) is 20.8 Å². The van der Waals surface area contributed by atoms with E-state index in [2.05, 4.69) is 15.3 Å². The number of phenolic OH excluding ortho intramolecular Hbond substituents is 1. The van der Waals surface area contributed by atoms with Gasteiger partial charge in [-0.3, -0.25) is 9.89 Å². The first-order valence-corrected chi connectivity index (χ1v) is 11.2. The number of rotatable bonds is 5. The van der Waals surface area contributed by atoms with Crippen molar-refractivity contribution < 1.29 is 20.1 Å². The Balaban J connectivity index is 1.64. The number of phenols is 1. The fourth-order valence-electron chi connectivity index (χ4n) is 4.48. The number of azo groups is 1. The Bertz CT molecular complexity index is 1340. The Morgan fingerprint density at radius 1 is 1.15 bits per heavy atom. The first-order chi connectivity index (χ1) is 16.1. The molecule has 0 spiro atoms. The summed E-state index contributed by atoms with van der Waals surface area (Å²) in [5, 5.41) is 41.9.